The van der Waals surface area contributed by atoms with Crippen molar-refractivity contribution in [2.24, 2.45) is 0 Å². The largest absolute Gasteiger partial charge is 0.324 e. The molecule has 1 aromatic heterocycles. The second kappa shape index (κ2) is 6.46. The Morgan fingerprint density at radius 3 is 2.52 bits per heavy atom. The van der Waals surface area contributed by atoms with E-state index in [1.54, 1.807) is 18.2 Å². The van der Waals surface area contributed by atoms with Crippen LogP contribution in [0.4, 0.5) is 5.69 Å². The molecule has 0 fully saturated rings. The van der Waals surface area contributed by atoms with Crippen molar-refractivity contribution in [3.8, 4) is 0 Å². The fraction of sp³-hybridized carbons (Fsp3) is 0.250. The van der Waals surface area contributed by atoms with E-state index < -0.39 is 0 Å². The number of halogens is 2. The van der Waals surface area contributed by atoms with Gasteiger partial charge in [-0.05, 0) is 50.1 Å². The van der Waals surface area contributed by atoms with Crippen LogP contribution in [0.2, 0.25) is 10.0 Å². The lowest BCUT2D eigenvalue weighted by molar-refractivity contribution is -0.115. The number of carbonyl (C=O) groups excluding carboxylic acids is 1. The predicted molar refractivity (Wildman–Crippen MR) is 87.2 cm³/mol. The van der Waals surface area contributed by atoms with Crippen LogP contribution in [-0.2, 0) is 11.2 Å². The summed E-state index contributed by atoms with van der Waals surface area (Å²) in [5.74, 6) is -0.129. The third-order valence-corrected chi connectivity index (χ3v) is 3.74. The Hall–Kier alpha value is -1.58. The molecule has 0 aliphatic heterocycles. The predicted octanol–water partition coefficient (Wildman–Crippen LogP) is 4.49. The molecule has 2 aromatic rings. The minimum atomic E-state index is -0.129. The fourth-order valence-electron chi connectivity index (χ4n) is 2.23. The van der Waals surface area contributed by atoms with Crippen molar-refractivity contribution in [1.82, 2.24) is 4.98 Å². The van der Waals surface area contributed by atoms with Gasteiger partial charge in [-0.1, -0.05) is 29.3 Å². The van der Waals surface area contributed by atoms with Crippen molar-refractivity contribution >= 4 is 34.8 Å². The molecule has 0 bridgehead atoms. The number of nitrogens with one attached hydrogen (secondary N) is 1. The van der Waals surface area contributed by atoms with E-state index in [9.17, 15) is 4.79 Å². The summed E-state index contributed by atoms with van der Waals surface area (Å²) >= 11 is 11.9. The molecule has 110 valence electrons. The third kappa shape index (κ3) is 3.96. The van der Waals surface area contributed by atoms with Crippen LogP contribution in [0.25, 0.3) is 0 Å². The molecule has 0 unspecified atom stereocenters. The maximum absolute atomic E-state index is 12.2. The molecular weight excluding hydrogens is 307 g/mol. The second-order valence-electron chi connectivity index (χ2n) is 5.00. The number of anilines is 1. The maximum atomic E-state index is 12.2. The molecule has 5 heteroatoms. The van der Waals surface area contributed by atoms with Gasteiger partial charge in [0, 0.05) is 15.7 Å². The van der Waals surface area contributed by atoms with E-state index in [-0.39, 0.29) is 12.3 Å². The Balaban J connectivity index is 2.16. The smallest absolute Gasteiger partial charge is 0.228 e. The first-order valence-electron chi connectivity index (χ1n) is 6.55. The van der Waals surface area contributed by atoms with Crippen LogP contribution >= 0.6 is 23.2 Å². The first kappa shape index (κ1) is 15.8. The van der Waals surface area contributed by atoms with Crippen molar-refractivity contribution in [3.63, 3.8) is 0 Å². The molecule has 21 heavy (non-hydrogen) atoms. The Bertz CT molecular complexity index is 676. The summed E-state index contributed by atoms with van der Waals surface area (Å²) in [6, 6.07) is 7.06. The average Bonchev–Trinajstić information content (AvgIpc) is 2.37. The van der Waals surface area contributed by atoms with Gasteiger partial charge in [0.15, 0.2) is 0 Å². The van der Waals surface area contributed by atoms with Gasteiger partial charge >= 0.3 is 0 Å². The van der Waals surface area contributed by atoms with Gasteiger partial charge in [0.05, 0.1) is 17.8 Å². The SMILES string of the molecule is Cc1cc(C)c(NC(=O)Cc2ccc(Cl)cc2Cl)c(C)n1. The van der Waals surface area contributed by atoms with Crippen LogP contribution in [-0.4, -0.2) is 10.9 Å². The standard InChI is InChI=1S/C16H16Cl2N2O/c1-9-6-10(2)19-11(3)16(9)20-15(21)7-12-4-5-13(17)8-14(12)18/h4-6,8H,7H2,1-3H3,(H,20,21). The summed E-state index contributed by atoms with van der Waals surface area (Å²) in [7, 11) is 0. The molecule has 3 nitrogen and oxygen atoms in total. The molecule has 0 saturated carbocycles. The number of pyridine rings is 1. The van der Waals surface area contributed by atoms with E-state index in [0.29, 0.717) is 10.0 Å². The summed E-state index contributed by atoms with van der Waals surface area (Å²) in [4.78, 5) is 16.5. The highest BCUT2D eigenvalue weighted by Gasteiger charge is 2.11. The topological polar surface area (TPSA) is 42.0 Å². The Labute approximate surface area is 134 Å². The van der Waals surface area contributed by atoms with Gasteiger partial charge in [-0.15, -0.1) is 0 Å². The van der Waals surface area contributed by atoms with E-state index in [4.69, 9.17) is 23.2 Å². The van der Waals surface area contributed by atoms with E-state index in [2.05, 4.69) is 10.3 Å². The summed E-state index contributed by atoms with van der Waals surface area (Å²) in [5.41, 5.74) is 4.24. The van der Waals surface area contributed by atoms with Crippen molar-refractivity contribution in [2.45, 2.75) is 27.2 Å². The highest BCUT2D eigenvalue weighted by Crippen LogP contribution is 2.23. The van der Waals surface area contributed by atoms with Gasteiger partial charge < -0.3 is 5.32 Å². The van der Waals surface area contributed by atoms with Crippen LogP contribution in [0.15, 0.2) is 24.3 Å². The summed E-state index contributed by atoms with van der Waals surface area (Å²) < 4.78 is 0. The van der Waals surface area contributed by atoms with Gasteiger partial charge in [-0.3, -0.25) is 9.78 Å². The number of hydrogen-bond donors (Lipinski definition) is 1. The number of rotatable bonds is 3. The number of carbonyl (C=O) groups is 1. The number of nitrogens with zero attached hydrogens (tertiary/aromatic N) is 1. The van der Waals surface area contributed by atoms with Crippen LogP contribution < -0.4 is 5.32 Å². The number of amides is 1. The van der Waals surface area contributed by atoms with Crippen molar-refractivity contribution in [1.29, 1.82) is 0 Å². The lowest BCUT2D eigenvalue weighted by Gasteiger charge is -2.12. The van der Waals surface area contributed by atoms with E-state index >= 15 is 0 Å². The van der Waals surface area contributed by atoms with Crippen LogP contribution in [0, 0.1) is 20.8 Å². The molecule has 0 radical (unpaired) electrons. The zero-order chi connectivity index (χ0) is 15.6. The monoisotopic (exact) mass is 322 g/mol. The third-order valence-electron chi connectivity index (χ3n) is 3.16. The minimum Gasteiger partial charge on any atom is -0.324 e. The molecular formula is C16H16Cl2N2O. The highest BCUT2D eigenvalue weighted by atomic mass is 35.5. The molecule has 2 rings (SSSR count). The number of benzene rings is 1. The molecule has 0 saturated heterocycles. The van der Waals surface area contributed by atoms with Crippen LogP contribution in [0.5, 0.6) is 0 Å². The molecule has 1 amide bonds. The molecule has 1 N–H and O–H groups in total. The molecule has 0 aliphatic rings. The molecule has 1 aromatic carbocycles. The van der Waals surface area contributed by atoms with Gasteiger partial charge in [0.1, 0.15) is 0 Å². The zero-order valence-electron chi connectivity index (χ0n) is 12.1. The minimum absolute atomic E-state index is 0.129. The van der Waals surface area contributed by atoms with Crippen LogP contribution in [0.1, 0.15) is 22.5 Å². The first-order chi connectivity index (χ1) is 9.86. The Morgan fingerprint density at radius 2 is 1.90 bits per heavy atom. The molecule has 1 heterocycles. The Kier molecular flexibility index (Phi) is 4.86. The van der Waals surface area contributed by atoms with E-state index in [1.165, 1.54) is 0 Å². The normalized spacial score (nSPS) is 10.5. The van der Waals surface area contributed by atoms with Gasteiger partial charge in [0.2, 0.25) is 5.91 Å². The van der Waals surface area contributed by atoms with Crippen molar-refractivity contribution < 1.29 is 4.79 Å². The molecule has 0 aliphatic carbocycles. The van der Waals surface area contributed by atoms with Crippen molar-refractivity contribution in [3.05, 3.63) is 56.8 Å². The van der Waals surface area contributed by atoms with Crippen molar-refractivity contribution in [2.75, 3.05) is 5.32 Å². The van der Waals surface area contributed by atoms with Gasteiger partial charge in [0.25, 0.3) is 0 Å². The number of hydrogen-bond acceptors (Lipinski definition) is 2. The van der Waals surface area contributed by atoms with Gasteiger partial charge in [-0.25, -0.2) is 0 Å². The lowest BCUT2D eigenvalue weighted by atomic mass is 10.1. The summed E-state index contributed by atoms with van der Waals surface area (Å²) in [5, 5.41) is 3.95. The molecule has 0 atom stereocenters. The van der Waals surface area contributed by atoms with E-state index in [1.807, 2.05) is 26.8 Å². The maximum Gasteiger partial charge on any atom is 0.228 e. The number of aromatic nitrogens is 1. The second-order valence-corrected chi connectivity index (χ2v) is 5.85. The van der Waals surface area contributed by atoms with Gasteiger partial charge in [-0.2, -0.15) is 0 Å². The van der Waals surface area contributed by atoms with E-state index in [0.717, 1.165) is 28.2 Å². The first-order valence-corrected chi connectivity index (χ1v) is 7.31. The fourth-order valence-corrected chi connectivity index (χ4v) is 2.71. The zero-order valence-corrected chi connectivity index (χ0v) is 13.6. The van der Waals surface area contributed by atoms with Crippen LogP contribution in [0.3, 0.4) is 0 Å². The Morgan fingerprint density at radius 1 is 1.19 bits per heavy atom. The number of aryl methyl sites for hydroxylation is 3. The molecule has 0 spiro atoms. The summed E-state index contributed by atoms with van der Waals surface area (Å²) in [6.07, 6.45) is 0.197. The highest BCUT2D eigenvalue weighted by molar-refractivity contribution is 6.35. The lowest BCUT2D eigenvalue weighted by Crippen LogP contribution is -2.17. The average molecular weight is 323 g/mol. The summed E-state index contributed by atoms with van der Waals surface area (Å²) in [6.45, 7) is 5.76. The quantitative estimate of drug-likeness (QED) is 0.904.